The zero-order valence-corrected chi connectivity index (χ0v) is 11.5. The van der Waals surface area contributed by atoms with Crippen molar-refractivity contribution in [3.8, 4) is 5.75 Å². The van der Waals surface area contributed by atoms with Crippen LogP contribution in [-0.4, -0.2) is 12.1 Å². The van der Waals surface area contributed by atoms with Gasteiger partial charge in [-0.25, -0.2) is 5.43 Å². The summed E-state index contributed by atoms with van der Waals surface area (Å²) in [6.45, 7) is 4.07. The molecule has 1 unspecified atom stereocenters. The zero-order chi connectivity index (χ0) is 13.8. The Morgan fingerprint density at radius 2 is 2.00 bits per heavy atom. The largest absolute Gasteiger partial charge is 0.496 e. The molecule has 0 fully saturated rings. The van der Waals surface area contributed by atoms with Crippen LogP contribution in [-0.2, 0) is 0 Å². The van der Waals surface area contributed by atoms with E-state index in [1.165, 1.54) is 0 Å². The lowest BCUT2D eigenvalue weighted by molar-refractivity contribution is 0.410. The average Bonchev–Trinajstić information content (AvgIpc) is 2.43. The maximum Gasteiger partial charge on any atom is 0.122 e. The summed E-state index contributed by atoms with van der Waals surface area (Å²) in [5.41, 5.74) is 7.23. The number of ether oxygens (including phenoxy) is 1. The van der Waals surface area contributed by atoms with Crippen LogP contribution in [0, 0.1) is 13.8 Å². The highest BCUT2D eigenvalue weighted by molar-refractivity contribution is 5.42. The Kier molecular flexibility index (Phi) is 4.14. The molecule has 0 saturated heterocycles. The fraction of sp³-hybridized carbons (Fsp3) is 0.267. The van der Waals surface area contributed by atoms with Crippen LogP contribution in [0.2, 0.25) is 0 Å². The number of aromatic nitrogens is 1. The second kappa shape index (κ2) is 5.82. The minimum atomic E-state index is -0.0943. The van der Waals surface area contributed by atoms with Gasteiger partial charge in [0.1, 0.15) is 5.75 Å². The van der Waals surface area contributed by atoms with Crippen LogP contribution in [0.3, 0.4) is 0 Å². The minimum absolute atomic E-state index is 0.0943. The normalized spacial score (nSPS) is 12.2. The Morgan fingerprint density at radius 1 is 1.21 bits per heavy atom. The molecule has 4 nitrogen and oxygen atoms in total. The topological polar surface area (TPSA) is 60.2 Å². The van der Waals surface area contributed by atoms with E-state index in [1.807, 2.05) is 38.2 Å². The first-order chi connectivity index (χ1) is 9.17. The fourth-order valence-corrected chi connectivity index (χ4v) is 2.16. The third-order valence-electron chi connectivity index (χ3n) is 3.32. The van der Waals surface area contributed by atoms with E-state index in [4.69, 9.17) is 10.6 Å². The zero-order valence-electron chi connectivity index (χ0n) is 11.5. The number of rotatable bonds is 4. The predicted molar refractivity (Wildman–Crippen MR) is 75.9 cm³/mol. The van der Waals surface area contributed by atoms with Gasteiger partial charge >= 0.3 is 0 Å². The van der Waals surface area contributed by atoms with E-state index in [0.717, 1.165) is 28.0 Å². The highest BCUT2D eigenvalue weighted by Crippen LogP contribution is 2.28. The van der Waals surface area contributed by atoms with Gasteiger partial charge in [-0.1, -0.05) is 12.1 Å². The molecule has 100 valence electrons. The molecule has 1 aromatic heterocycles. The number of hydrogen-bond donors (Lipinski definition) is 2. The molecule has 2 aromatic rings. The maximum atomic E-state index is 5.72. The Bertz CT molecular complexity index is 569. The first-order valence-corrected chi connectivity index (χ1v) is 6.18. The first kappa shape index (κ1) is 13.5. The Hall–Kier alpha value is -1.91. The number of benzene rings is 1. The molecular weight excluding hydrogens is 238 g/mol. The Labute approximate surface area is 113 Å². The second-order valence-corrected chi connectivity index (χ2v) is 4.56. The molecule has 0 aliphatic rings. The monoisotopic (exact) mass is 257 g/mol. The van der Waals surface area contributed by atoms with Gasteiger partial charge in [-0.15, -0.1) is 0 Å². The molecular formula is C15H19N3O. The van der Waals surface area contributed by atoms with Gasteiger partial charge in [-0.2, -0.15) is 0 Å². The van der Waals surface area contributed by atoms with Gasteiger partial charge in [0, 0.05) is 12.4 Å². The third-order valence-corrected chi connectivity index (χ3v) is 3.32. The van der Waals surface area contributed by atoms with E-state index in [9.17, 15) is 0 Å². The van der Waals surface area contributed by atoms with Gasteiger partial charge < -0.3 is 4.74 Å². The number of nitrogens with two attached hydrogens (primary N) is 1. The van der Waals surface area contributed by atoms with Crippen LogP contribution in [0.5, 0.6) is 5.75 Å². The summed E-state index contributed by atoms with van der Waals surface area (Å²) >= 11 is 0. The summed E-state index contributed by atoms with van der Waals surface area (Å²) in [4.78, 5) is 4.17. The van der Waals surface area contributed by atoms with Crippen molar-refractivity contribution in [1.29, 1.82) is 0 Å². The van der Waals surface area contributed by atoms with Crippen LogP contribution in [0.4, 0.5) is 0 Å². The average molecular weight is 257 g/mol. The van der Waals surface area contributed by atoms with E-state index in [2.05, 4.69) is 16.5 Å². The molecule has 3 N–H and O–H groups in total. The van der Waals surface area contributed by atoms with Crippen molar-refractivity contribution in [2.75, 3.05) is 7.11 Å². The lowest BCUT2D eigenvalue weighted by Gasteiger charge is -2.19. The fourth-order valence-electron chi connectivity index (χ4n) is 2.16. The number of aryl methyl sites for hydroxylation is 2. The van der Waals surface area contributed by atoms with Gasteiger partial charge in [0.25, 0.3) is 0 Å². The van der Waals surface area contributed by atoms with Gasteiger partial charge in [0.05, 0.1) is 13.2 Å². The number of methoxy groups -OCH3 is 1. The van der Waals surface area contributed by atoms with Crippen molar-refractivity contribution < 1.29 is 4.74 Å². The molecule has 0 radical (unpaired) electrons. The minimum Gasteiger partial charge on any atom is -0.496 e. The number of hydrazine groups is 1. The van der Waals surface area contributed by atoms with E-state index < -0.39 is 0 Å². The van der Waals surface area contributed by atoms with Crippen molar-refractivity contribution in [2.45, 2.75) is 19.9 Å². The van der Waals surface area contributed by atoms with E-state index in [-0.39, 0.29) is 6.04 Å². The Balaban J connectivity index is 2.45. The van der Waals surface area contributed by atoms with Crippen molar-refractivity contribution in [3.05, 3.63) is 58.9 Å². The molecule has 0 bridgehead atoms. The number of nitrogens with one attached hydrogen (secondary N) is 1. The summed E-state index contributed by atoms with van der Waals surface area (Å²) in [6.07, 6.45) is 3.62. The van der Waals surface area contributed by atoms with Crippen molar-refractivity contribution in [3.63, 3.8) is 0 Å². The summed E-state index contributed by atoms with van der Waals surface area (Å²) in [5.74, 6) is 6.58. The molecule has 2 rings (SSSR count). The van der Waals surface area contributed by atoms with Gasteiger partial charge in [0.15, 0.2) is 0 Å². The van der Waals surface area contributed by atoms with Gasteiger partial charge in [-0.05, 0) is 48.2 Å². The van der Waals surface area contributed by atoms with Crippen molar-refractivity contribution in [1.82, 2.24) is 10.4 Å². The van der Waals surface area contributed by atoms with E-state index >= 15 is 0 Å². The molecule has 0 aliphatic carbocycles. The molecule has 1 heterocycles. The molecule has 19 heavy (non-hydrogen) atoms. The predicted octanol–water partition coefficient (Wildman–Crippen LogP) is 2.26. The SMILES string of the molecule is COc1cc(C(NN)c2cnccc2C)ccc1C. The Morgan fingerprint density at radius 3 is 2.63 bits per heavy atom. The second-order valence-electron chi connectivity index (χ2n) is 4.56. The van der Waals surface area contributed by atoms with E-state index in [1.54, 1.807) is 13.3 Å². The molecule has 0 spiro atoms. The molecule has 0 saturated carbocycles. The lowest BCUT2D eigenvalue weighted by atomic mass is 9.96. The molecule has 1 atom stereocenters. The number of pyridine rings is 1. The van der Waals surface area contributed by atoms with Crippen LogP contribution < -0.4 is 16.0 Å². The van der Waals surface area contributed by atoms with Crippen LogP contribution >= 0.6 is 0 Å². The quantitative estimate of drug-likeness (QED) is 0.651. The van der Waals surface area contributed by atoms with Crippen LogP contribution in [0.1, 0.15) is 28.3 Å². The maximum absolute atomic E-state index is 5.72. The lowest BCUT2D eigenvalue weighted by Crippen LogP contribution is -2.29. The van der Waals surface area contributed by atoms with Crippen LogP contribution in [0.15, 0.2) is 36.7 Å². The summed E-state index contributed by atoms with van der Waals surface area (Å²) in [5, 5.41) is 0. The number of hydrogen-bond acceptors (Lipinski definition) is 4. The summed E-state index contributed by atoms with van der Waals surface area (Å²) in [6, 6.07) is 7.97. The molecule has 0 amide bonds. The molecule has 1 aromatic carbocycles. The van der Waals surface area contributed by atoms with Crippen molar-refractivity contribution >= 4 is 0 Å². The third kappa shape index (κ3) is 2.75. The first-order valence-electron chi connectivity index (χ1n) is 6.18. The van der Waals surface area contributed by atoms with Gasteiger partial charge in [-0.3, -0.25) is 10.8 Å². The van der Waals surface area contributed by atoms with Gasteiger partial charge in [0.2, 0.25) is 0 Å². The summed E-state index contributed by atoms with van der Waals surface area (Å²) in [7, 11) is 1.67. The highest BCUT2D eigenvalue weighted by atomic mass is 16.5. The van der Waals surface area contributed by atoms with Crippen LogP contribution in [0.25, 0.3) is 0 Å². The molecule has 4 heteroatoms. The molecule has 0 aliphatic heterocycles. The standard InChI is InChI=1S/C15H19N3O/c1-10-6-7-17-9-13(10)15(18-16)12-5-4-11(2)14(8-12)19-3/h4-9,15,18H,16H2,1-3H3. The van der Waals surface area contributed by atoms with Crippen molar-refractivity contribution in [2.24, 2.45) is 5.84 Å². The summed E-state index contributed by atoms with van der Waals surface area (Å²) < 4.78 is 5.36. The highest BCUT2D eigenvalue weighted by Gasteiger charge is 2.16. The number of nitrogens with zero attached hydrogens (tertiary/aromatic N) is 1. The smallest absolute Gasteiger partial charge is 0.122 e. The van der Waals surface area contributed by atoms with E-state index in [0.29, 0.717) is 0 Å².